The molecule has 0 amide bonds. The molecule has 0 bridgehead atoms. The highest BCUT2D eigenvalue weighted by molar-refractivity contribution is 5.14. The third kappa shape index (κ3) is 4.22. The van der Waals surface area contributed by atoms with E-state index in [2.05, 4.69) is 71.0 Å². The molecule has 1 aliphatic rings. The van der Waals surface area contributed by atoms with E-state index in [0.29, 0.717) is 5.92 Å². The lowest BCUT2D eigenvalue weighted by molar-refractivity contribution is 0.0890. The molecule has 1 saturated heterocycles. The standard InChI is InChI=1S/C19H28N4O/c1-15(2)18-20-19(24-21-18)16(3)23-13-11-22(12-14-23)10-9-17-7-5-4-6-8-17/h4-8,15-16H,9-14H2,1-3H3. The Kier molecular flexibility index (Phi) is 5.63. The van der Waals surface area contributed by atoms with Gasteiger partial charge in [0.05, 0.1) is 6.04 Å². The van der Waals surface area contributed by atoms with Crippen molar-refractivity contribution in [1.29, 1.82) is 0 Å². The van der Waals surface area contributed by atoms with Gasteiger partial charge >= 0.3 is 0 Å². The van der Waals surface area contributed by atoms with Crippen molar-refractivity contribution in [2.75, 3.05) is 32.7 Å². The van der Waals surface area contributed by atoms with Crippen molar-refractivity contribution in [3.05, 3.63) is 47.6 Å². The molecule has 3 rings (SSSR count). The van der Waals surface area contributed by atoms with Crippen molar-refractivity contribution < 1.29 is 4.52 Å². The second-order valence-corrected chi connectivity index (χ2v) is 6.93. The topological polar surface area (TPSA) is 45.4 Å². The van der Waals surface area contributed by atoms with Gasteiger partial charge in [0.2, 0.25) is 5.89 Å². The Bertz CT molecular complexity index is 617. The van der Waals surface area contributed by atoms with Gasteiger partial charge in [0.15, 0.2) is 5.82 Å². The van der Waals surface area contributed by atoms with Crippen molar-refractivity contribution in [2.24, 2.45) is 0 Å². The number of hydrogen-bond donors (Lipinski definition) is 0. The molecule has 1 fully saturated rings. The maximum Gasteiger partial charge on any atom is 0.243 e. The number of aromatic nitrogens is 2. The molecule has 1 aromatic heterocycles. The molecule has 2 aromatic rings. The van der Waals surface area contributed by atoms with Crippen LogP contribution in [-0.4, -0.2) is 52.7 Å². The summed E-state index contributed by atoms with van der Waals surface area (Å²) in [5.74, 6) is 1.86. The van der Waals surface area contributed by atoms with Gasteiger partial charge in [-0.1, -0.05) is 49.3 Å². The molecule has 1 aromatic carbocycles. The number of rotatable bonds is 6. The minimum atomic E-state index is 0.196. The zero-order valence-corrected chi connectivity index (χ0v) is 15.0. The first-order valence-electron chi connectivity index (χ1n) is 8.97. The molecule has 0 saturated carbocycles. The Balaban J connectivity index is 1.47. The van der Waals surface area contributed by atoms with Gasteiger partial charge in [-0.05, 0) is 18.9 Å². The fourth-order valence-corrected chi connectivity index (χ4v) is 3.11. The molecule has 0 radical (unpaired) electrons. The van der Waals surface area contributed by atoms with Gasteiger partial charge in [-0.25, -0.2) is 0 Å². The number of hydrogen-bond acceptors (Lipinski definition) is 5. The smallest absolute Gasteiger partial charge is 0.243 e. The lowest BCUT2D eigenvalue weighted by Crippen LogP contribution is -2.47. The zero-order chi connectivity index (χ0) is 16.9. The van der Waals surface area contributed by atoms with Crippen molar-refractivity contribution >= 4 is 0 Å². The van der Waals surface area contributed by atoms with Gasteiger partial charge in [-0.3, -0.25) is 4.90 Å². The summed E-state index contributed by atoms with van der Waals surface area (Å²) in [6, 6.07) is 10.9. The molecule has 24 heavy (non-hydrogen) atoms. The summed E-state index contributed by atoms with van der Waals surface area (Å²) in [5.41, 5.74) is 1.42. The minimum absolute atomic E-state index is 0.196. The molecule has 1 atom stereocenters. The summed E-state index contributed by atoms with van der Waals surface area (Å²) in [4.78, 5) is 9.53. The van der Waals surface area contributed by atoms with Crippen molar-refractivity contribution in [3.8, 4) is 0 Å². The third-order valence-corrected chi connectivity index (χ3v) is 4.85. The number of piperazine rings is 1. The summed E-state index contributed by atoms with van der Waals surface area (Å²) < 4.78 is 5.46. The zero-order valence-electron chi connectivity index (χ0n) is 15.0. The van der Waals surface area contributed by atoms with Crippen molar-refractivity contribution in [1.82, 2.24) is 19.9 Å². The van der Waals surface area contributed by atoms with Crippen LogP contribution in [0.5, 0.6) is 0 Å². The summed E-state index contributed by atoms with van der Waals surface area (Å²) in [7, 11) is 0. The van der Waals surface area contributed by atoms with E-state index in [4.69, 9.17) is 4.52 Å². The predicted octanol–water partition coefficient (Wildman–Crippen LogP) is 3.11. The quantitative estimate of drug-likeness (QED) is 0.815. The highest BCUT2D eigenvalue weighted by atomic mass is 16.5. The summed E-state index contributed by atoms with van der Waals surface area (Å²) in [6.45, 7) is 11.8. The normalized spacial score (nSPS) is 18.2. The van der Waals surface area contributed by atoms with Gasteiger partial charge in [0.1, 0.15) is 0 Å². The molecular weight excluding hydrogens is 300 g/mol. The van der Waals surface area contributed by atoms with Crippen LogP contribution >= 0.6 is 0 Å². The first-order chi connectivity index (χ1) is 11.6. The minimum Gasteiger partial charge on any atom is -0.338 e. The van der Waals surface area contributed by atoms with Crippen LogP contribution in [0.25, 0.3) is 0 Å². The van der Waals surface area contributed by atoms with E-state index in [1.807, 2.05) is 0 Å². The highest BCUT2D eigenvalue weighted by Gasteiger charge is 2.25. The molecular formula is C19H28N4O. The van der Waals surface area contributed by atoms with Crippen molar-refractivity contribution in [2.45, 2.75) is 39.2 Å². The van der Waals surface area contributed by atoms with E-state index >= 15 is 0 Å². The second kappa shape index (κ2) is 7.90. The van der Waals surface area contributed by atoms with Crippen LogP contribution in [0.3, 0.4) is 0 Å². The Labute approximate surface area is 144 Å². The molecule has 130 valence electrons. The third-order valence-electron chi connectivity index (χ3n) is 4.85. The SMILES string of the molecule is CC(C)c1noc(C(C)N2CCN(CCc3ccccc3)CC2)n1. The molecule has 0 spiro atoms. The first kappa shape index (κ1) is 17.1. The molecule has 2 heterocycles. The molecule has 5 heteroatoms. The molecule has 1 aliphatic heterocycles. The van der Waals surface area contributed by atoms with Gasteiger partial charge in [0.25, 0.3) is 0 Å². The van der Waals surface area contributed by atoms with Crippen LogP contribution in [0.1, 0.15) is 50.0 Å². The van der Waals surface area contributed by atoms with Gasteiger partial charge in [0, 0.05) is 38.6 Å². The lowest BCUT2D eigenvalue weighted by Gasteiger charge is -2.36. The summed E-state index contributed by atoms with van der Waals surface area (Å²) in [6.07, 6.45) is 1.12. The Morgan fingerprint density at radius 2 is 1.75 bits per heavy atom. The average Bonchev–Trinajstić information content (AvgIpc) is 3.11. The molecule has 5 nitrogen and oxygen atoms in total. The predicted molar refractivity (Wildman–Crippen MR) is 95.0 cm³/mol. The van der Waals surface area contributed by atoms with Crippen LogP contribution in [-0.2, 0) is 6.42 Å². The average molecular weight is 328 g/mol. The maximum atomic E-state index is 5.46. The molecule has 1 unspecified atom stereocenters. The maximum absolute atomic E-state index is 5.46. The number of benzene rings is 1. The Morgan fingerprint density at radius 1 is 1.04 bits per heavy atom. The lowest BCUT2D eigenvalue weighted by atomic mass is 10.1. The van der Waals surface area contributed by atoms with E-state index in [1.165, 1.54) is 5.56 Å². The largest absolute Gasteiger partial charge is 0.338 e. The van der Waals surface area contributed by atoms with Crippen molar-refractivity contribution in [3.63, 3.8) is 0 Å². The van der Waals surface area contributed by atoms with Gasteiger partial charge < -0.3 is 9.42 Å². The first-order valence-corrected chi connectivity index (χ1v) is 8.97. The van der Waals surface area contributed by atoms with Crippen LogP contribution in [0.4, 0.5) is 0 Å². The van der Waals surface area contributed by atoms with E-state index in [1.54, 1.807) is 0 Å². The van der Waals surface area contributed by atoms with Crippen LogP contribution in [0.2, 0.25) is 0 Å². The fraction of sp³-hybridized carbons (Fsp3) is 0.579. The van der Waals surface area contributed by atoms with E-state index in [-0.39, 0.29) is 6.04 Å². The summed E-state index contributed by atoms with van der Waals surface area (Å²) >= 11 is 0. The van der Waals surface area contributed by atoms with Crippen LogP contribution < -0.4 is 0 Å². The van der Waals surface area contributed by atoms with Crippen LogP contribution in [0.15, 0.2) is 34.9 Å². The fourth-order valence-electron chi connectivity index (χ4n) is 3.11. The molecule has 0 N–H and O–H groups in total. The highest BCUT2D eigenvalue weighted by Crippen LogP contribution is 2.22. The van der Waals surface area contributed by atoms with Crippen LogP contribution in [0, 0.1) is 0 Å². The summed E-state index contributed by atoms with van der Waals surface area (Å²) in [5, 5.41) is 4.09. The van der Waals surface area contributed by atoms with Gasteiger partial charge in [-0.2, -0.15) is 4.98 Å². The Morgan fingerprint density at radius 3 is 2.38 bits per heavy atom. The van der Waals surface area contributed by atoms with E-state index in [0.717, 1.165) is 50.9 Å². The van der Waals surface area contributed by atoms with E-state index < -0.39 is 0 Å². The monoisotopic (exact) mass is 328 g/mol. The molecule has 0 aliphatic carbocycles. The number of nitrogens with zero attached hydrogens (tertiary/aromatic N) is 4. The Hall–Kier alpha value is -1.72. The second-order valence-electron chi connectivity index (χ2n) is 6.93. The van der Waals surface area contributed by atoms with E-state index in [9.17, 15) is 0 Å². The van der Waals surface area contributed by atoms with Gasteiger partial charge in [-0.15, -0.1) is 0 Å².